The number of benzene rings is 1. The number of aryl methyl sites for hydroxylation is 1. The number of amides is 1. The fourth-order valence-corrected chi connectivity index (χ4v) is 2.61. The largest absolute Gasteiger partial charge is 0.292 e. The average molecular weight is 300 g/mol. The Morgan fingerprint density at radius 3 is 2.77 bits per heavy atom. The molecule has 6 heteroatoms. The molecule has 22 heavy (non-hydrogen) atoms. The minimum absolute atomic E-state index is 0.302. The van der Waals surface area contributed by atoms with Crippen LogP contribution in [0.2, 0.25) is 0 Å². The normalized spacial score (nSPS) is 14.5. The lowest BCUT2D eigenvalue weighted by atomic mass is 9.96. The Kier molecular flexibility index (Phi) is 4.00. The van der Waals surface area contributed by atoms with Gasteiger partial charge >= 0.3 is 0 Å². The summed E-state index contributed by atoms with van der Waals surface area (Å²) in [5.41, 5.74) is 6.36. The van der Waals surface area contributed by atoms with Gasteiger partial charge in [-0.05, 0) is 50.3 Å². The Bertz CT molecular complexity index is 718. The van der Waals surface area contributed by atoms with E-state index < -0.39 is 0 Å². The molecule has 1 aromatic heterocycles. The van der Waals surface area contributed by atoms with E-state index in [0.717, 1.165) is 42.5 Å². The molecule has 0 radical (unpaired) electrons. The van der Waals surface area contributed by atoms with Gasteiger partial charge in [-0.3, -0.25) is 9.89 Å². The Morgan fingerprint density at radius 1 is 1.27 bits per heavy atom. The van der Waals surface area contributed by atoms with Crippen LogP contribution in [0, 0.1) is 5.82 Å². The molecule has 2 N–H and O–H groups in total. The Balaban J connectivity index is 1.73. The molecule has 1 aliphatic carbocycles. The second-order valence-electron chi connectivity index (χ2n) is 5.38. The molecule has 3 rings (SSSR count). The van der Waals surface area contributed by atoms with E-state index in [1.165, 1.54) is 12.1 Å². The van der Waals surface area contributed by atoms with Gasteiger partial charge in [-0.2, -0.15) is 10.2 Å². The van der Waals surface area contributed by atoms with Gasteiger partial charge in [0.05, 0.1) is 5.71 Å². The van der Waals surface area contributed by atoms with E-state index in [2.05, 4.69) is 20.7 Å². The molecule has 1 aliphatic rings. The zero-order valence-corrected chi connectivity index (χ0v) is 12.3. The lowest BCUT2D eigenvalue weighted by Gasteiger charge is -2.10. The van der Waals surface area contributed by atoms with Crippen molar-refractivity contribution < 1.29 is 9.18 Å². The Hall–Kier alpha value is -2.50. The van der Waals surface area contributed by atoms with Gasteiger partial charge in [0.2, 0.25) is 0 Å². The van der Waals surface area contributed by atoms with Crippen LogP contribution in [0.4, 0.5) is 4.39 Å². The van der Waals surface area contributed by atoms with Crippen LogP contribution in [-0.4, -0.2) is 21.8 Å². The summed E-state index contributed by atoms with van der Waals surface area (Å²) in [5, 5.41) is 11.1. The molecule has 114 valence electrons. The van der Waals surface area contributed by atoms with Gasteiger partial charge in [0.25, 0.3) is 5.91 Å². The topological polar surface area (TPSA) is 70.1 Å². The number of hydrogen-bond donors (Lipinski definition) is 2. The third kappa shape index (κ3) is 2.90. The van der Waals surface area contributed by atoms with Crippen LogP contribution in [0.5, 0.6) is 0 Å². The van der Waals surface area contributed by atoms with E-state index >= 15 is 0 Å². The molecule has 5 nitrogen and oxygen atoms in total. The molecule has 0 bridgehead atoms. The fraction of sp³-hybridized carbons (Fsp3) is 0.312. The standard InChI is InChI=1S/C16H17FN4O/c1-10(11-6-8-12(17)9-7-11)18-21-16(22)15-13-4-2-3-5-14(13)19-20-15/h6-9H,2-5H2,1H3,(H,19,20)(H,21,22)/b18-10-. The zero-order chi connectivity index (χ0) is 15.5. The van der Waals surface area contributed by atoms with Gasteiger partial charge in [-0.15, -0.1) is 0 Å². The second-order valence-corrected chi connectivity index (χ2v) is 5.38. The maximum absolute atomic E-state index is 12.9. The molecule has 0 unspecified atom stereocenters. The van der Waals surface area contributed by atoms with E-state index in [0.29, 0.717) is 11.4 Å². The van der Waals surface area contributed by atoms with Gasteiger partial charge in [-0.1, -0.05) is 12.1 Å². The molecule has 0 fully saturated rings. The average Bonchev–Trinajstić information content (AvgIpc) is 2.97. The number of aromatic amines is 1. The summed E-state index contributed by atoms with van der Waals surface area (Å²) in [5.74, 6) is -0.621. The minimum atomic E-state index is -0.319. The summed E-state index contributed by atoms with van der Waals surface area (Å²) < 4.78 is 12.9. The Labute approximate surface area is 127 Å². The first-order chi connectivity index (χ1) is 10.6. The van der Waals surface area contributed by atoms with Gasteiger partial charge in [0, 0.05) is 11.3 Å². The molecule has 1 heterocycles. The molecule has 1 aromatic carbocycles. The third-order valence-electron chi connectivity index (χ3n) is 3.86. The highest BCUT2D eigenvalue weighted by molar-refractivity contribution is 6.00. The van der Waals surface area contributed by atoms with E-state index in [4.69, 9.17) is 0 Å². The number of carbonyl (C=O) groups is 1. The number of H-pyrrole nitrogens is 1. The number of fused-ring (bicyclic) bond motifs is 1. The highest BCUT2D eigenvalue weighted by Crippen LogP contribution is 2.21. The molecule has 2 aromatic rings. The Morgan fingerprint density at radius 2 is 2.00 bits per heavy atom. The first kappa shape index (κ1) is 14.4. The molecule has 0 spiro atoms. The van der Waals surface area contributed by atoms with Crippen molar-refractivity contribution in [3.05, 3.63) is 52.6 Å². The monoisotopic (exact) mass is 300 g/mol. The van der Waals surface area contributed by atoms with E-state index in [1.807, 2.05) is 0 Å². The van der Waals surface area contributed by atoms with Crippen molar-refractivity contribution in [1.82, 2.24) is 15.6 Å². The molecule has 0 aliphatic heterocycles. The van der Waals surface area contributed by atoms with Gasteiger partial charge in [-0.25, -0.2) is 9.82 Å². The van der Waals surface area contributed by atoms with Crippen LogP contribution < -0.4 is 5.43 Å². The molecular formula is C16H17FN4O. The van der Waals surface area contributed by atoms with Crippen LogP contribution >= 0.6 is 0 Å². The number of carbonyl (C=O) groups excluding carboxylic acids is 1. The number of nitrogens with zero attached hydrogens (tertiary/aromatic N) is 2. The summed E-state index contributed by atoms with van der Waals surface area (Å²) in [6, 6.07) is 5.97. The van der Waals surface area contributed by atoms with Crippen LogP contribution in [0.25, 0.3) is 0 Å². The number of nitrogens with one attached hydrogen (secondary N) is 2. The van der Waals surface area contributed by atoms with Crippen molar-refractivity contribution in [2.45, 2.75) is 32.6 Å². The van der Waals surface area contributed by atoms with E-state index in [-0.39, 0.29) is 11.7 Å². The van der Waals surface area contributed by atoms with Crippen LogP contribution in [-0.2, 0) is 12.8 Å². The predicted molar refractivity (Wildman–Crippen MR) is 81.3 cm³/mol. The van der Waals surface area contributed by atoms with E-state index in [9.17, 15) is 9.18 Å². The zero-order valence-electron chi connectivity index (χ0n) is 12.3. The quantitative estimate of drug-likeness (QED) is 0.675. The first-order valence-corrected chi connectivity index (χ1v) is 7.32. The summed E-state index contributed by atoms with van der Waals surface area (Å²) in [6.45, 7) is 1.76. The van der Waals surface area contributed by atoms with Crippen molar-refractivity contribution in [3.63, 3.8) is 0 Å². The van der Waals surface area contributed by atoms with Crippen LogP contribution in [0.3, 0.4) is 0 Å². The van der Waals surface area contributed by atoms with Crippen molar-refractivity contribution >= 4 is 11.6 Å². The summed E-state index contributed by atoms with van der Waals surface area (Å²) >= 11 is 0. The lowest BCUT2D eigenvalue weighted by Crippen LogP contribution is -2.21. The summed E-state index contributed by atoms with van der Waals surface area (Å²) in [4.78, 5) is 12.2. The number of hydrogen-bond acceptors (Lipinski definition) is 3. The number of rotatable bonds is 3. The maximum atomic E-state index is 12.9. The molecule has 1 amide bonds. The van der Waals surface area contributed by atoms with Gasteiger partial charge in [0.15, 0.2) is 5.69 Å². The second kappa shape index (κ2) is 6.09. The minimum Gasteiger partial charge on any atom is -0.281 e. The summed E-state index contributed by atoms with van der Waals surface area (Å²) in [7, 11) is 0. The lowest BCUT2D eigenvalue weighted by molar-refractivity contribution is 0.0948. The van der Waals surface area contributed by atoms with E-state index in [1.54, 1.807) is 19.1 Å². The first-order valence-electron chi connectivity index (χ1n) is 7.32. The van der Waals surface area contributed by atoms with Gasteiger partial charge < -0.3 is 0 Å². The predicted octanol–water partition coefficient (Wildman–Crippen LogP) is 2.58. The smallest absolute Gasteiger partial charge is 0.281 e. The maximum Gasteiger partial charge on any atom is 0.292 e. The van der Waals surface area contributed by atoms with Crippen molar-refractivity contribution in [2.24, 2.45) is 5.10 Å². The molecule has 0 saturated heterocycles. The number of aromatic nitrogens is 2. The third-order valence-corrected chi connectivity index (χ3v) is 3.86. The molecule has 0 saturated carbocycles. The number of halogens is 1. The van der Waals surface area contributed by atoms with Crippen LogP contribution in [0.15, 0.2) is 29.4 Å². The summed E-state index contributed by atoms with van der Waals surface area (Å²) in [6.07, 6.45) is 4.01. The fourth-order valence-electron chi connectivity index (χ4n) is 2.61. The van der Waals surface area contributed by atoms with Crippen molar-refractivity contribution in [3.8, 4) is 0 Å². The van der Waals surface area contributed by atoms with Crippen molar-refractivity contribution in [2.75, 3.05) is 0 Å². The number of hydrazone groups is 1. The SMILES string of the molecule is C/C(=N/NC(=O)c1n[nH]c2c1CCCC2)c1ccc(F)cc1. The van der Waals surface area contributed by atoms with Crippen LogP contribution in [0.1, 0.15) is 47.1 Å². The molecular weight excluding hydrogens is 283 g/mol. The highest BCUT2D eigenvalue weighted by Gasteiger charge is 2.21. The highest BCUT2D eigenvalue weighted by atomic mass is 19.1. The van der Waals surface area contributed by atoms with Gasteiger partial charge in [0.1, 0.15) is 5.82 Å². The molecule has 0 atom stereocenters. The van der Waals surface area contributed by atoms with Crippen molar-refractivity contribution in [1.29, 1.82) is 0 Å².